The molecule has 3 rings (SSSR count). The molecule has 0 aromatic heterocycles. The van der Waals surface area contributed by atoms with Crippen LogP contribution < -0.4 is 10.6 Å². The highest BCUT2D eigenvalue weighted by atomic mass is 16.5. The minimum absolute atomic E-state index is 0.0595. The van der Waals surface area contributed by atoms with Crippen LogP contribution in [0, 0.1) is 0 Å². The van der Waals surface area contributed by atoms with Crippen LogP contribution in [0.3, 0.4) is 0 Å². The van der Waals surface area contributed by atoms with Gasteiger partial charge in [0.25, 0.3) is 0 Å². The lowest BCUT2D eigenvalue weighted by molar-refractivity contribution is -0.146. The smallest absolute Gasteiger partial charge is 0.307 e. The van der Waals surface area contributed by atoms with E-state index < -0.39 is 12.0 Å². The van der Waals surface area contributed by atoms with Gasteiger partial charge in [0.1, 0.15) is 6.04 Å². The Balaban J connectivity index is 1.60. The lowest BCUT2D eigenvalue weighted by Gasteiger charge is -2.34. The number of carbonyl (C=O) groups excluding carboxylic acids is 3. The average molecular weight is 387 g/mol. The highest BCUT2D eigenvalue weighted by molar-refractivity contribution is 5.88. The summed E-state index contributed by atoms with van der Waals surface area (Å²) in [5.74, 6) is -0.864. The molecule has 0 bridgehead atoms. The molecule has 0 unspecified atom stereocenters. The van der Waals surface area contributed by atoms with Crippen molar-refractivity contribution in [3.63, 3.8) is 0 Å². The molecule has 1 aromatic carbocycles. The Morgan fingerprint density at radius 2 is 2.04 bits per heavy atom. The number of fused-ring (bicyclic) bond motifs is 1. The molecule has 0 radical (unpaired) electrons. The van der Waals surface area contributed by atoms with Gasteiger partial charge >= 0.3 is 5.97 Å². The van der Waals surface area contributed by atoms with Crippen LogP contribution in [-0.2, 0) is 32.0 Å². The zero-order valence-electron chi connectivity index (χ0n) is 16.6. The van der Waals surface area contributed by atoms with E-state index in [1.54, 1.807) is 4.90 Å². The zero-order valence-corrected chi connectivity index (χ0v) is 16.6. The maximum atomic E-state index is 12.6. The van der Waals surface area contributed by atoms with E-state index in [1.165, 1.54) is 31.1 Å². The molecule has 1 aromatic rings. The van der Waals surface area contributed by atoms with Gasteiger partial charge in [-0.1, -0.05) is 18.2 Å². The van der Waals surface area contributed by atoms with Crippen molar-refractivity contribution in [2.24, 2.45) is 0 Å². The molecule has 2 N–H and O–H groups in total. The van der Waals surface area contributed by atoms with Crippen LogP contribution in [0.2, 0.25) is 0 Å². The van der Waals surface area contributed by atoms with Crippen molar-refractivity contribution in [3.8, 4) is 0 Å². The van der Waals surface area contributed by atoms with Crippen molar-refractivity contribution in [1.29, 1.82) is 0 Å². The number of esters is 1. The molecule has 1 fully saturated rings. The van der Waals surface area contributed by atoms with Gasteiger partial charge in [0, 0.05) is 13.1 Å². The first-order chi connectivity index (χ1) is 13.5. The monoisotopic (exact) mass is 387 g/mol. The topological polar surface area (TPSA) is 87.7 Å². The van der Waals surface area contributed by atoms with Gasteiger partial charge in [-0.15, -0.1) is 0 Å². The molecule has 1 aliphatic heterocycles. The van der Waals surface area contributed by atoms with Crippen LogP contribution in [0.25, 0.3) is 0 Å². The molecule has 2 atom stereocenters. The second-order valence-corrected chi connectivity index (χ2v) is 7.58. The van der Waals surface area contributed by atoms with Crippen LogP contribution in [0.5, 0.6) is 0 Å². The van der Waals surface area contributed by atoms with Crippen molar-refractivity contribution in [1.82, 2.24) is 15.5 Å². The minimum Gasteiger partial charge on any atom is -0.469 e. The van der Waals surface area contributed by atoms with Gasteiger partial charge in [-0.2, -0.15) is 0 Å². The van der Waals surface area contributed by atoms with E-state index in [2.05, 4.69) is 33.6 Å². The van der Waals surface area contributed by atoms with Gasteiger partial charge in [0.15, 0.2) is 0 Å². The molecule has 28 heavy (non-hydrogen) atoms. The first kappa shape index (κ1) is 20.3. The maximum Gasteiger partial charge on any atom is 0.307 e. The summed E-state index contributed by atoms with van der Waals surface area (Å²) in [6, 6.07) is 5.67. The second-order valence-electron chi connectivity index (χ2n) is 7.58. The van der Waals surface area contributed by atoms with Crippen LogP contribution in [0.15, 0.2) is 18.2 Å². The maximum absolute atomic E-state index is 12.6. The first-order valence-corrected chi connectivity index (χ1v) is 9.97. The summed E-state index contributed by atoms with van der Waals surface area (Å²) in [4.78, 5) is 38.1. The number of piperazine rings is 1. The Morgan fingerprint density at radius 1 is 1.29 bits per heavy atom. The standard InChI is InChI=1S/C21H29N3O4/c1-14(16-8-7-15-5-3-4-6-17(15)11-16)23-19(25)13-24-10-9-22-21(27)18(24)12-20(26)28-2/h7-8,11,14,18H,3-6,9-10,12-13H2,1-2H3,(H,22,27)(H,23,25)/t14-,18-/m0/s1. The predicted octanol–water partition coefficient (Wildman–Crippen LogP) is 1.11. The van der Waals surface area contributed by atoms with Gasteiger partial charge in [-0.25, -0.2) is 0 Å². The van der Waals surface area contributed by atoms with E-state index in [-0.39, 0.29) is 30.8 Å². The van der Waals surface area contributed by atoms with E-state index in [0.29, 0.717) is 13.1 Å². The third-order valence-electron chi connectivity index (χ3n) is 5.63. The summed E-state index contributed by atoms with van der Waals surface area (Å²) in [6.45, 7) is 3.03. The Bertz CT molecular complexity index is 749. The fourth-order valence-corrected chi connectivity index (χ4v) is 3.99. The van der Waals surface area contributed by atoms with Crippen molar-refractivity contribution >= 4 is 17.8 Å². The number of nitrogens with one attached hydrogen (secondary N) is 2. The summed E-state index contributed by atoms with van der Waals surface area (Å²) in [5.41, 5.74) is 3.89. The summed E-state index contributed by atoms with van der Waals surface area (Å²) in [5, 5.41) is 5.76. The zero-order chi connectivity index (χ0) is 20.1. The second kappa shape index (κ2) is 9.19. The van der Waals surface area contributed by atoms with Gasteiger partial charge in [-0.05, 0) is 49.3 Å². The predicted molar refractivity (Wildman–Crippen MR) is 105 cm³/mol. The number of hydrogen-bond donors (Lipinski definition) is 2. The molecule has 1 saturated heterocycles. The number of rotatable bonds is 6. The summed E-state index contributed by atoms with van der Waals surface area (Å²) in [6.07, 6.45) is 4.64. The number of hydrogen-bond acceptors (Lipinski definition) is 5. The first-order valence-electron chi connectivity index (χ1n) is 9.97. The third-order valence-corrected chi connectivity index (χ3v) is 5.63. The van der Waals surface area contributed by atoms with Crippen LogP contribution in [0.4, 0.5) is 0 Å². The van der Waals surface area contributed by atoms with E-state index in [9.17, 15) is 14.4 Å². The summed E-state index contributed by atoms with van der Waals surface area (Å²) in [7, 11) is 1.29. The van der Waals surface area contributed by atoms with Gasteiger partial charge < -0.3 is 15.4 Å². The van der Waals surface area contributed by atoms with E-state index in [0.717, 1.165) is 18.4 Å². The molecular weight excluding hydrogens is 358 g/mol. The molecule has 152 valence electrons. The molecule has 2 amide bonds. The lowest BCUT2D eigenvalue weighted by atomic mass is 9.89. The van der Waals surface area contributed by atoms with Crippen molar-refractivity contribution < 1.29 is 19.1 Å². The van der Waals surface area contributed by atoms with Crippen LogP contribution in [-0.4, -0.2) is 55.5 Å². The average Bonchev–Trinajstić information content (AvgIpc) is 2.69. The molecule has 0 saturated carbocycles. The third kappa shape index (κ3) is 4.90. The van der Waals surface area contributed by atoms with Crippen molar-refractivity contribution in [2.75, 3.05) is 26.7 Å². The van der Waals surface area contributed by atoms with Crippen LogP contribution >= 0.6 is 0 Å². The highest BCUT2D eigenvalue weighted by Crippen LogP contribution is 2.24. The number of aryl methyl sites for hydroxylation is 2. The number of ether oxygens (including phenoxy) is 1. The Morgan fingerprint density at radius 3 is 2.79 bits per heavy atom. The number of methoxy groups -OCH3 is 1. The summed E-state index contributed by atoms with van der Waals surface area (Å²) < 4.78 is 4.68. The summed E-state index contributed by atoms with van der Waals surface area (Å²) >= 11 is 0. The fraction of sp³-hybridized carbons (Fsp3) is 0.571. The molecular formula is C21H29N3O4. The van der Waals surface area contributed by atoms with E-state index in [1.807, 2.05) is 6.92 Å². The van der Waals surface area contributed by atoms with Crippen molar-refractivity contribution in [3.05, 3.63) is 34.9 Å². The normalized spacial score (nSPS) is 20.6. The molecule has 2 aliphatic rings. The number of nitrogens with zero attached hydrogens (tertiary/aromatic N) is 1. The van der Waals surface area contributed by atoms with Gasteiger partial charge in [0.05, 0.1) is 26.1 Å². The fourth-order valence-electron chi connectivity index (χ4n) is 3.99. The van der Waals surface area contributed by atoms with E-state index in [4.69, 9.17) is 0 Å². The van der Waals surface area contributed by atoms with Gasteiger partial charge in [0.2, 0.25) is 11.8 Å². The number of carbonyl (C=O) groups is 3. The van der Waals surface area contributed by atoms with E-state index >= 15 is 0 Å². The molecule has 1 heterocycles. The van der Waals surface area contributed by atoms with Crippen LogP contribution in [0.1, 0.15) is 48.9 Å². The quantitative estimate of drug-likeness (QED) is 0.714. The SMILES string of the molecule is COC(=O)C[C@H]1C(=O)NCCN1CC(=O)N[C@@H](C)c1ccc2c(c1)CCCC2. The van der Waals surface area contributed by atoms with Crippen molar-refractivity contribution in [2.45, 2.75) is 51.1 Å². The Labute approximate surface area is 165 Å². The van der Waals surface area contributed by atoms with Gasteiger partial charge in [-0.3, -0.25) is 19.3 Å². The minimum atomic E-state index is -0.675. The lowest BCUT2D eigenvalue weighted by Crippen LogP contribution is -2.58. The highest BCUT2D eigenvalue weighted by Gasteiger charge is 2.33. The molecule has 0 spiro atoms. The Kier molecular flexibility index (Phi) is 6.67. The number of benzene rings is 1. The largest absolute Gasteiger partial charge is 0.469 e. The Hall–Kier alpha value is -2.41. The molecule has 1 aliphatic carbocycles. The number of amides is 2. The molecule has 7 nitrogen and oxygen atoms in total. The molecule has 7 heteroatoms.